The number of allylic oxidation sites excluding steroid dienone is 4. The molecule has 0 saturated heterocycles. The van der Waals surface area contributed by atoms with Crippen molar-refractivity contribution in [3.63, 3.8) is 0 Å². The molecule has 0 radical (unpaired) electrons. The Morgan fingerprint density at radius 1 is 0.950 bits per heavy atom. The van der Waals surface area contributed by atoms with Crippen LogP contribution in [-0.4, -0.2) is 43.3 Å². The van der Waals surface area contributed by atoms with Gasteiger partial charge in [-0.2, -0.15) is 0 Å². The second kappa shape index (κ2) is 12.6. The summed E-state index contributed by atoms with van der Waals surface area (Å²) in [4.78, 5) is 29.3. The lowest BCUT2D eigenvalue weighted by atomic mass is 9.71. The van der Waals surface area contributed by atoms with Gasteiger partial charge in [0.15, 0.2) is 23.1 Å². The van der Waals surface area contributed by atoms with Crippen molar-refractivity contribution in [1.82, 2.24) is 4.90 Å². The zero-order chi connectivity index (χ0) is 28.2. The number of Topliss-reactive ketones (excluding diaryl/α,β-unsaturated/α-hetero) is 2. The first-order chi connectivity index (χ1) is 19.4. The molecule has 0 N–H and O–H groups in total. The molecule has 0 unspecified atom stereocenters. The minimum Gasteiger partial charge on any atom is -0.490 e. The molecule has 212 valence electrons. The summed E-state index contributed by atoms with van der Waals surface area (Å²) in [7, 11) is 1.68. The molecular formula is C32H35ClFNO5. The maximum Gasteiger partial charge on any atom is 0.180 e. The van der Waals surface area contributed by atoms with Gasteiger partial charge in [0, 0.05) is 61.6 Å². The number of benzene rings is 2. The van der Waals surface area contributed by atoms with E-state index < -0.39 is 5.92 Å². The molecule has 0 fully saturated rings. The van der Waals surface area contributed by atoms with Gasteiger partial charge in [0.25, 0.3) is 0 Å². The van der Waals surface area contributed by atoms with E-state index in [4.69, 9.17) is 25.8 Å². The maximum absolute atomic E-state index is 13.6. The third kappa shape index (κ3) is 5.68. The predicted octanol–water partition coefficient (Wildman–Crippen LogP) is 6.91. The van der Waals surface area contributed by atoms with Crippen molar-refractivity contribution in [3.8, 4) is 11.5 Å². The van der Waals surface area contributed by atoms with Gasteiger partial charge in [0.1, 0.15) is 12.4 Å². The Morgan fingerprint density at radius 2 is 1.60 bits per heavy atom. The Labute approximate surface area is 239 Å². The van der Waals surface area contributed by atoms with E-state index in [9.17, 15) is 14.0 Å². The standard InChI is InChI=1S/C32H35ClFNO5/c1-3-39-28-18-21(17-23(33)32(28)40-19-20-11-13-22(34)14-12-20)29-30-24(7-4-9-26(30)36)35(15-6-16-38-2)25-8-5-10-27(37)31(25)29/h11-14,17-18,29H,3-10,15-16,19H2,1-2H3. The number of hydrogen-bond acceptors (Lipinski definition) is 6. The van der Waals surface area contributed by atoms with Crippen molar-refractivity contribution < 1.29 is 28.2 Å². The molecule has 0 spiro atoms. The molecule has 5 rings (SSSR count). The van der Waals surface area contributed by atoms with E-state index >= 15 is 0 Å². The van der Waals surface area contributed by atoms with E-state index in [2.05, 4.69) is 4.90 Å². The normalized spacial score (nSPS) is 17.8. The molecule has 2 aromatic carbocycles. The van der Waals surface area contributed by atoms with E-state index in [0.29, 0.717) is 60.3 Å². The number of ether oxygens (including phenoxy) is 3. The molecule has 2 aliphatic carbocycles. The van der Waals surface area contributed by atoms with Crippen LogP contribution in [0.15, 0.2) is 58.9 Å². The monoisotopic (exact) mass is 567 g/mol. The Bertz CT molecular complexity index is 1310. The SMILES string of the molecule is CCOc1cc(C2C3=C(CCCC3=O)N(CCCOC)C3=C2C(=O)CCC3)cc(Cl)c1OCc1ccc(F)cc1. The van der Waals surface area contributed by atoms with E-state index in [1.54, 1.807) is 25.3 Å². The highest BCUT2D eigenvalue weighted by Crippen LogP contribution is 2.51. The summed E-state index contributed by atoms with van der Waals surface area (Å²) in [6.07, 6.45) is 4.90. The van der Waals surface area contributed by atoms with E-state index in [0.717, 1.165) is 54.6 Å². The van der Waals surface area contributed by atoms with Crippen LogP contribution in [0, 0.1) is 5.82 Å². The molecule has 3 aliphatic rings. The summed E-state index contributed by atoms with van der Waals surface area (Å²) in [6.45, 7) is 3.75. The highest BCUT2D eigenvalue weighted by molar-refractivity contribution is 6.32. The third-order valence-electron chi connectivity index (χ3n) is 7.78. The summed E-state index contributed by atoms with van der Waals surface area (Å²) in [5, 5.41) is 0.335. The number of nitrogens with zero attached hydrogens (tertiary/aromatic N) is 1. The van der Waals surface area contributed by atoms with Gasteiger partial charge in [-0.3, -0.25) is 9.59 Å². The van der Waals surface area contributed by atoms with E-state index in [1.807, 2.05) is 13.0 Å². The molecule has 0 aromatic heterocycles. The van der Waals surface area contributed by atoms with Gasteiger partial charge in [-0.1, -0.05) is 23.7 Å². The van der Waals surface area contributed by atoms with E-state index in [1.165, 1.54) is 12.1 Å². The van der Waals surface area contributed by atoms with E-state index in [-0.39, 0.29) is 24.0 Å². The molecule has 1 heterocycles. The first-order valence-electron chi connectivity index (χ1n) is 14.0. The Balaban J connectivity index is 1.58. The van der Waals surface area contributed by atoms with Gasteiger partial charge in [-0.25, -0.2) is 4.39 Å². The third-order valence-corrected chi connectivity index (χ3v) is 8.06. The average Bonchev–Trinajstić information content (AvgIpc) is 2.94. The van der Waals surface area contributed by atoms with Crippen LogP contribution in [0.25, 0.3) is 0 Å². The fraction of sp³-hybridized carbons (Fsp3) is 0.438. The van der Waals surface area contributed by atoms with Gasteiger partial charge >= 0.3 is 0 Å². The quantitative estimate of drug-likeness (QED) is 0.291. The number of hydrogen-bond donors (Lipinski definition) is 0. The molecular weight excluding hydrogens is 533 g/mol. The molecule has 1 aliphatic heterocycles. The second-order valence-corrected chi connectivity index (χ2v) is 10.8. The van der Waals surface area contributed by atoms with Crippen LogP contribution >= 0.6 is 11.6 Å². The van der Waals surface area contributed by atoms with Crippen LogP contribution < -0.4 is 9.47 Å². The zero-order valence-corrected chi connectivity index (χ0v) is 23.8. The molecule has 0 bridgehead atoms. The van der Waals surface area contributed by atoms with Crippen LogP contribution in [0.3, 0.4) is 0 Å². The van der Waals surface area contributed by atoms with Gasteiger partial charge in [0.05, 0.1) is 11.6 Å². The minimum absolute atomic E-state index is 0.0821. The summed E-state index contributed by atoms with van der Waals surface area (Å²) >= 11 is 6.83. The highest BCUT2D eigenvalue weighted by atomic mass is 35.5. The summed E-state index contributed by atoms with van der Waals surface area (Å²) in [5.41, 5.74) is 5.00. The van der Waals surface area contributed by atoms with Crippen molar-refractivity contribution in [2.45, 2.75) is 64.4 Å². The van der Waals surface area contributed by atoms with Crippen molar-refractivity contribution in [1.29, 1.82) is 0 Å². The Kier molecular flexibility index (Phi) is 8.91. The van der Waals surface area contributed by atoms with Crippen LogP contribution in [0.4, 0.5) is 4.39 Å². The van der Waals surface area contributed by atoms with Crippen molar-refractivity contribution in [2.24, 2.45) is 0 Å². The first-order valence-corrected chi connectivity index (χ1v) is 14.4. The van der Waals surface area contributed by atoms with Gasteiger partial charge in [-0.05, 0) is 74.4 Å². The Morgan fingerprint density at radius 3 is 2.20 bits per heavy atom. The fourth-order valence-corrected chi connectivity index (χ4v) is 6.35. The van der Waals surface area contributed by atoms with Gasteiger partial charge < -0.3 is 19.1 Å². The topological polar surface area (TPSA) is 65.1 Å². The van der Waals surface area contributed by atoms with Gasteiger partial charge in [0.2, 0.25) is 0 Å². The number of carbonyl (C=O) groups excluding carboxylic acids is 2. The second-order valence-electron chi connectivity index (χ2n) is 10.4. The number of rotatable bonds is 10. The van der Waals surface area contributed by atoms with Crippen LogP contribution in [0.1, 0.15) is 68.9 Å². The largest absolute Gasteiger partial charge is 0.490 e. The summed E-state index contributed by atoms with van der Waals surface area (Å²) < 4.78 is 30.7. The number of methoxy groups -OCH3 is 1. The predicted molar refractivity (Wildman–Crippen MR) is 151 cm³/mol. The lowest BCUT2D eigenvalue weighted by molar-refractivity contribution is -0.117. The van der Waals surface area contributed by atoms with Crippen molar-refractivity contribution in [3.05, 3.63) is 80.9 Å². The average molecular weight is 568 g/mol. The van der Waals surface area contributed by atoms with Crippen LogP contribution in [0.2, 0.25) is 5.02 Å². The molecule has 0 amide bonds. The smallest absolute Gasteiger partial charge is 0.180 e. The fourth-order valence-electron chi connectivity index (χ4n) is 6.08. The van der Waals surface area contributed by atoms with Crippen molar-refractivity contribution >= 4 is 23.2 Å². The molecule has 8 heteroatoms. The highest BCUT2D eigenvalue weighted by Gasteiger charge is 2.43. The zero-order valence-electron chi connectivity index (χ0n) is 23.1. The molecule has 0 saturated carbocycles. The minimum atomic E-state index is -0.493. The summed E-state index contributed by atoms with van der Waals surface area (Å²) in [5.74, 6) is 0.180. The summed E-state index contributed by atoms with van der Waals surface area (Å²) in [6, 6.07) is 9.74. The van der Waals surface area contributed by atoms with Crippen LogP contribution in [0.5, 0.6) is 11.5 Å². The lowest BCUT2D eigenvalue weighted by Gasteiger charge is -2.44. The Hall–Kier alpha value is -3.16. The number of halogens is 2. The number of carbonyl (C=O) groups is 2. The number of ketones is 2. The van der Waals surface area contributed by atoms with Crippen LogP contribution in [-0.2, 0) is 20.9 Å². The first kappa shape index (κ1) is 28.4. The molecule has 2 aromatic rings. The van der Waals surface area contributed by atoms with Crippen molar-refractivity contribution in [2.75, 3.05) is 26.9 Å². The molecule has 40 heavy (non-hydrogen) atoms. The molecule has 0 atom stereocenters. The molecule has 6 nitrogen and oxygen atoms in total. The van der Waals surface area contributed by atoms with Gasteiger partial charge in [-0.15, -0.1) is 0 Å². The maximum atomic E-state index is 13.6. The lowest BCUT2D eigenvalue weighted by Crippen LogP contribution is -2.39.